The smallest absolute Gasteiger partial charge is 0.126 e. The molecule has 102 valence electrons. The van der Waals surface area contributed by atoms with Gasteiger partial charge < -0.3 is 10.8 Å². The van der Waals surface area contributed by atoms with Crippen LogP contribution < -0.4 is 5.73 Å². The van der Waals surface area contributed by atoms with Crippen molar-refractivity contribution in [2.24, 2.45) is 5.73 Å². The molecule has 0 amide bonds. The fourth-order valence-electron chi connectivity index (χ4n) is 2.08. The molecule has 3 atom stereocenters. The van der Waals surface area contributed by atoms with Gasteiger partial charge in [0.15, 0.2) is 0 Å². The third-order valence-electron chi connectivity index (χ3n) is 3.20. The van der Waals surface area contributed by atoms with Gasteiger partial charge in [-0.1, -0.05) is 36.2 Å². The zero-order valence-corrected chi connectivity index (χ0v) is 12.5. The van der Waals surface area contributed by atoms with Gasteiger partial charge in [-0.3, -0.25) is 0 Å². The van der Waals surface area contributed by atoms with Crippen molar-refractivity contribution in [1.82, 2.24) is 0 Å². The summed E-state index contributed by atoms with van der Waals surface area (Å²) in [5.41, 5.74) is 6.49. The topological polar surface area (TPSA) is 46.2 Å². The van der Waals surface area contributed by atoms with E-state index in [1.54, 1.807) is 12.1 Å². The first-order valence-electron chi connectivity index (χ1n) is 6.34. The average Bonchev–Trinajstić information content (AvgIpc) is 2.32. The fraction of sp³-hybridized carbons (Fsp3) is 0.571. The Morgan fingerprint density at radius 1 is 1.44 bits per heavy atom. The summed E-state index contributed by atoms with van der Waals surface area (Å²) in [6.07, 6.45) is 1.62. The van der Waals surface area contributed by atoms with Gasteiger partial charge in [-0.2, -0.15) is 0 Å². The van der Waals surface area contributed by atoms with E-state index in [0.29, 0.717) is 12.0 Å². The molecule has 0 saturated carbocycles. The van der Waals surface area contributed by atoms with E-state index in [1.165, 1.54) is 6.07 Å². The third kappa shape index (κ3) is 4.34. The van der Waals surface area contributed by atoms with Crippen LogP contribution in [0.25, 0.3) is 0 Å². The molecule has 0 fully saturated rings. The Labute approximate surface area is 117 Å². The molecule has 0 aliphatic carbocycles. The van der Waals surface area contributed by atoms with Gasteiger partial charge in [0.2, 0.25) is 0 Å². The van der Waals surface area contributed by atoms with Crippen molar-refractivity contribution in [3.05, 3.63) is 34.1 Å². The molecular weight excluding hydrogens is 297 g/mol. The van der Waals surface area contributed by atoms with Gasteiger partial charge in [0.05, 0.1) is 6.10 Å². The maximum absolute atomic E-state index is 13.7. The first kappa shape index (κ1) is 15.6. The van der Waals surface area contributed by atoms with Crippen LogP contribution in [0.2, 0.25) is 0 Å². The number of rotatable bonds is 6. The lowest BCUT2D eigenvalue weighted by molar-refractivity contribution is 0.123. The molecule has 0 spiro atoms. The standard InChI is InChI=1S/C14H21BrFNO/c1-3-4-13(17)14(18)7-9(2)11-8-10(15)5-6-12(11)16/h5-6,8-9,13-14,18H,3-4,7,17H2,1-2H3. The molecule has 3 unspecified atom stereocenters. The predicted octanol–water partition coefficient (Wildman–Crippen LogP) is 3.57. The number of hydrogen-bond acceptors (Lipinski definition) is 2. The van der Waals surface area contributed by atoms with Crippen molar-refractivity contribution in [2.75, 3.05) is 0 Å². The zero-order chi connectivity index (χ0) is 13.7. The Morgan fingerprint density at radius 2 is 2.11 bits per heavy atom. The SMILES string of the molecule is CCCC(N)C(O)CC(C)c1cc(Br)ccc1F. The van der Waals surface area contributed by atoms with Crippen LogP contribution in [0, 0.1) is 5.82 Å². The quantitative estimate of drug-likeness (QED) is 0.842. The number of aliphatic hydroxyl groups is 1. The molecule has 18 heavy (non-hydrogen) atoms. The van der Waals surface area contributed by atoms with E-state index in [4.69, 9.17) is 5.73 Å². The maximum atomic E-state index is 13.7. The van der Waals surface area contributed by atoms with E-state index in [1.807, 2.05) is 13.8 Å². The lowest BCUT2D eigenvalue weighted by atomic mass is 9.91. The largest absolute Gasteiger partial charge is 0.391 e. The molecule has 0 heterocycles. The van der Waals surface area contributed by atoms with Crippen molar-refractivity contribution in [3.8, 4) is 0 Å². The lowest BCUT2D eigenvalue weighted by Gasteiger charge is -2.22. The Morgan fingerprint density at radius 3 is 2.72 bits per heavy atom. The van der Waals surface area contributed by atoms with Crippen molar-refractivity contribution in [1.29, 1.82) is 0 Å². The van der Waals surface area contributed by atoms with Gasteiger partial charge >= 0.3 is 0 Å². The van der Waals surface area contributed by atoms with Crippen LogP contribution in [0.5, 0.6) is 0 Å². The molecule has 0 aliphatic rings. The third-order valence-corrected chi connectivity index (χ3v) is 3.69. The number of hydrogen-bond donors (Lipinski definition) is 2. The van der Waals surface area contributed by atoms with E-state index in [0.717, 1.165) is 17.3 Å². The first-order valence-corrected chi connectivity index (χ1v) is 7.13. The Hall–Kier alpha value is -0.450. The summed E-state index contributed by atoms with van der Waals surface area (Å²) >= 11 is 3.33. The summed E-state index contributed by atoms with van der Waals surface area (Å²) in [5, 5.41) is 9.98. The molecular formula is C14H21BrFNO. The van der Waals surface area contributed by atoms with Crippen LogP contribution in [0.4, 0.5) is 4.39 Å². The highest BCUT2D eigenvalue weighted by molar-refractivity contribution is 9.10. The van der Waals surface area contributed by atoms with E-state index in [2.05, 4.69) is 15.9 Å². The van der Waals surface area contributed by atoms with Crippen LogP contribution in [0.15, 0.2) is 22.7 Å². The molecule has 0 aliphatic heterocycles. The minimum atomic E-state index is -0.585. The summed E-state index contributed by atoms with van der Waals surface area (Å²) in [6, 6.07) is 4.64. The molecule has 0 radical (unpaired) electrons. The minimum Gasteiger partial charge on any atom is -0.391 e. The highest BCUT2D eigenvalue weighted by Gasteiger charge is 2.20. The molecule has 2 nitrogen and oxygen atoms in total. The Bertz CT molecular complexity index is 386. The van der Waals surface area contributed by atoms with Crippen LogP contribution >= 0.6 is 15.9 Å². The van der Waals surface area contributed by atoms with Crippen molar-refractivity contribution < 1.29 is 9.50 Å². The summed E-state index contributed by atoms with van der Waals surface area (Å²) in [5.74, 6) is -0.289. The van der Waals surface area contributed by atoms with E-state index < -0.39 is 6.10 Å². The summed E-state index contributed by atoms with van der Waals surface area (Å²) in [7, 11) is 0. The predicted molar refractivity (Wildman–Crippen MR) is 76.0 cm³/mol. The average molecular weight is 318 g/mol. The summed E-state index contributed by atoms with van der Waals surface area (Å²) < 4.78 is 14.5. The van der Waals surface area contributed by atoms with Crippen molar-refractivity contribution in [2.45, 2.75) is 51.2 Å². The second-order valence-corrected chi connectivity index (χ2v) is 5.74. The van der Waals surface area contributed by atoms with E-state index in [9.17, 15) is 9.50 Å². The molecule has 3 N–H and O–H groups in total. The van der Waals surface area contributed by atoms with Gasteiger partial charge in [-0.15, -0.1) is 0 Å². The number of benzene rings is 1. The Kier molecular flexibility index (Phi) is 6.26. The number of halogens is 2. The van der Waals surface area contributed by atoms with Gasteiger partial charge in [0.25, 0.3) is 0 Å². The fourth-order valence-corrected chi connectivity index (χ4v) is 2.46. The van der Waals surface area contributed by atoms with Crippen LogP contribution in [-0.2, 0) is 0 Å². The van der Waals surface area contributed by atoms with Gasteiger partial charge in [-0.25, -0.2) is 4.39 Å². The zero-order valence-electron chi connectivity index (χ0n) is 10.9. The van der Waals surface area contributed by atoms with Crippen molar-refractivity contribution >= 4 is 15.9 Å². The Balaban J connectivity index is 2.69. The molecule has 0 saturated heterocycles. The second-order valence-electron chi connectivity index (χ2n) is 4.82. The van der Waals surface area contributed by atoms with E-state index in [-0.39, 0.29) is 17.8 Å². The monoisotopic (exact) mass is 317 g/mol. The molecule has 1 rings (SSSR count). The molecule has 0 bridgehead atoms. The van der Waals surface area contributed by atoms with E-state index >= 15 is 0 Å². The maximum Gasteiger partial charge on any atom is 0.126 e. The molecule has 1 aromatic rings. The first-order chi connectivity index (χ1) is 8.45. The van der Waals surface area contributed by atoms with Crippen LogP contribution in [0.3, 0.4) is 0 Å². The van der Waals surface area contributed by atoms with Gasteiger partial charge in [0, 0.05) is 10.5 Å². The number of nitrogens with two attached hydrogens (primary N) is 1. The normalized spacial score (nSPS) is 16.3. The highest BCUT2D eigenvalue weighted by atomic mass is 79.9. The van der Waals surface area contributed by atoms with Gasteiger partial charge in [-0.05, 0) is 42.5 Å². The lowest BCUT2D eigenvalue weighted by Crippen LogP contribution is -2.35. The van der Waals surface area contributed by atoms with Gasteiger partial charge in [0.1, 0.15) is 5.82 Å². The molecule has 1 aromatic carbocycles. The van der Waals surface area contributed by atoms with Crippen molar-refractivity contribution in [3.63, 3.8) is 0 Å². The summed E-state index contributed by atoms with van der Waals surface area (Å²) in [6.45, 7) is 3.94. The van der Waals surface area contributed by atoms with Crippen LogP contribution in [-0.4, -0.2) is 17.3 Å². The highest BCUT2D eigenvalue weighted by Crippen LogP contribution is 2.27. The number of aliphatic hydroxyl groups excluding tert-OH is 1. The minimum absolute atomic E-state index is 0.0552. The molecule has 4 heteroatoms. The summed E-state index contributed by atoms with van der Waals surface area (Å²) in [4.78, 5) is 0. The van der Waals surface area contributed by atoms with Crippen LogP contribution in [0.1, 0.15) is 44.6 Å². The second kappa shape index (κ2) is 7.22. The molecule has 0 aromatic heterocycles.